The third kappa shape index (κ3) is 2.27. The Morgan fingerprint density at radius 3 is 2.63 bits per heavy atom. The van der Waals surface area contributed by atoms with Gasteiger partial charge in [-0.05, 0) is 35.9 Å². The van der Waals surface area contributed by atoms with Crippen LogP contribution in [0, 0.1) is 5.82 Å². The lowest BCUT2D eigenvalue weighted by Crippen LogP contribution is -2.17. The molecule has 0 atom stereocenters. The summed E-state index contributed by atoms with van der Waals surface area (Å²) >= 11 is 5.94. The fraction of sp³-hybridized carbons (Fsp3) is 0.0714. The standard InChI is InChI=1S/C14H10ClFN2O/c15-10-3-6-12-13(7-10)18(14(19)17-12)8-9-1-4-11(16)5-2-9/h1-7H,8H2,(H,17,19). The summed E-state index contributed by atoms with van der Waals surface area (Å²) in [7, 11) is 0. The second kappa shape index (κ2) is 4.55. The topological polar surface area (TPSA) is 37.8 Å². The minimum Gasteiger partial charge on any atom is -0.306 e. The number of halogens is 2. The molecule has 1 N–H and O–H groups in total. The zero-order chi connectivity index (χ0) is 13.4. The van der Waals surface area contributed by atoms with Crippen molar-refractivity contribution in [2.75, 3.05) is 0 Å². The second-order valence-corrected chi connectivity index (χ2v) is 4.74. The average molecular weight is 277 g/mol. The highest BCUT2D eigenvalue weighted by molar-refractivity contribution is 6.31. The van der Waals surface area contributed by atoms with E-state index in [2.05, 4.69) is 4.98 Å². The van der Waals surface area contributed by atoms with E-state index in [9.17, 15) is 9.18 Å². The van der Waals surface area contributed by atoms with Crippen LogP contribution >= 0.6 is 11.6 Å². The lowest BCUT2D eigenvalue weighted by atomic mass is 10.2. The van der Waals surface area contributed by atoms with Gasteiger partial charge in [0.15, 0.2) is 0 Å². The zero-order valence-corrected chi connectivity index (χ0v) is 10.6. The summed E-state index contributed by atoms with van der Waals surface area (Å²) in [5, 5.41) is 0.569. The number of imidazole rings is 1. The molecule has 3 rings (SSSR count). The van der Waals surface area contributed by atoms with E-state index >= 15 is 0 Å². The van der Waals surface area contributed by atoms with Gasteiger partial charge in [0.1, 0.15) is 5.82 Å². The van der Waals surface area contributed by atoms with Crippen molar-refractivity contribution in [3.05, 3.63) is 69.4 Å². The summed E-state index contributed by atoms with van der Waals surface area (Å²) in [6, 6.07) is 11.3. The van der Waals surface area contributed by atoms with E-state index in [0.29, 0.717) is 11.6 Å². The maximum Gasteiger partial charge on any atom is 0.326 e. The third-order valence-electron chi connectivity index (χ3n) is 2.99. The van der Waals surface area contributed by atoms with Gasteiger partial charge in [0, 0.05) is 5.02 Å². The summed E-state index contributed by atoms with van der Waals surface area (Å²) in [4.78, 5) is 14.7. The van der Waals surface area contributed by atoms with Crippen molar-refractivity contribution in [3.8, 4) is 0 Å². The summed E-state index contributed by atoms with van der Waals surface area (Å²) in [6.45, 7) is 0.374. The maximum atomic E-state index is 12.9. The van der Waals surface area contributed by atoms with Crippen molar-refractivity contribution >= 4 is 22.6 Å². The molecule has 19 heavy (non-hydrogen) atoms. The first-order chi connectivity index (χ1) is 9.13. The molecule has 0 fully saturated rings. The van der Waals surface area contributed by atoms with E-state index in [-0.39, 0.29) is 11.5 Å². The van der Waals surface area contributed by atoms with Crippen LogP contribution in [0.4, 0.5) is 4.39 Å². The van der Waals surface area contributed by atoms with Crippen LogP contribution in [0.1, 0.15) is 5.56 Å². The van der Waals surface area contributed by atoms with Gasteiger partial charge in [-0.25, -0.2) is 9.18 Å². The highest BCUT2D eigenvalue weighted by atomic mass is 35.5. The number of benzene rings is 2. The van der Waals surface area contributed by atoms with Gasteiger partial charge in [0.25, 0.3) is 0 Å². The van der Waals surface area contributed by atoms with Crippen molar-refractivity contribution < 1.29 is 4.39 Å². The molecule has 0 bridgehead atoms. The van der Waals surface area contributed by atoms with Crippen LogP contribution in [0.2, 0.25) is 5.02 Å². The molecule has 0 spiro atoms. The van der Waals surface area contributed by atoms with E-state index in [1.54, 1.807) is 34.9 Å². The van der Waals surface area contributed by atoms with E-state index in [4.69, 9.17) is 11.6 Å². The minimum atomic E-state index is -0.293. The Balaban J connectivity index is 2.09. The van der Waals surface area contributed by atoms with Crippen molar-refractivity contribution in [3.63, 3.8) is 0 Å². The lowest BCUT2D eigenvalue weighted by molar-refractivity contribution is 0.626. The van der Waals surface area contributed by atoms with Crippen LogP contribution in [-0.4, -0.2) is 9.55 Å². The molecule has 2 aromatic carbocycles. The summed E-state index contributed by atoms with van der Waals surface area (Å²) < 4.78 is 14.4. The molecule has 0 aliphatic rings. The first-order valence-electron chi connectivity index (χ1n) is 5.76. The molecular weight excluding hydrogens is 267 g/mol. The fourth-order valence-corrected chi connectivity index (χ4v) is 2.22. The quantitative estimate of drug-likeness (QED) is 0.767. The molecule has 0 saturated carbocycles. The normalized spacial score (nSPS) is 11.1. The summed E-state index contributed by atoms with van der Waals surface area (Å²) in [5.74, 6) is -0.293. The van der Waals surface area contributed by atoms with Gasteiger partial charge in [-0.1, -0.05) is 23.7 Å². The van der Waals surface area contributed by atoms with Crippen LogP contribution in [0.3, 0.4) is 0 Å². The van der Waals surface area contributed by atoms with Crippen LogP contribution in [0.15, 0.2) is 47.3 Å². The molecule has 0 aliphatic heterocycles. The molecule has 0 aliphatic carbocycles. The van der Waals surface area contributed by atoms with Gasteiger partial charge < -0.3 is 4.98 Å². The minimum absolute atomic E-state index is 0.207. The molecule has 0 unspecified atom stereocenters. The maximum absolute atomic E-state index is 12.9. The molecule has 96 valence electrons. The average Bonchev–Trinajstić information content (AvgIpc) is 2.69. The van der Waals surface area contributed by atoms with Crippen LogP contribution < -0.4 is 5.69 Å². The van der Waals surface area contributed by atoms with Gasteiger partial charge in [0.2, 0.25) is 0 Å². The second-order valence-electron chi connectivity index (χ2n) is 4.30. The molecule has 1 aromatic heterocycles. The number of fused-ring (bicyclic) bond motifs is 1. The number of aromatic nitrogens is 2. The van der Waals surface area contributed by atoms with Crippen molar-refractivity contribution in [2.45, 2.75) is 6.54 Å². The zero-order valence-electron chi connectivity index (χ0n) is 9.86. The molecular formula is C14H10ClFN2O. The van der Waals surface area contributed by atoms with Crippen LogP contribution in [-0.2, 0) is 6.54 Å². The number of rotatable bonds is 2. The number of hydrogen-bond acceptors (Lipinski definition) is 1. The molecule has 0 amide bonds. The van der Waals surface area contributed by atoms with E-state index < -0.39 is 0 Å². The lowest BCUT2D eigenvalue weighted by Gasteiger charge is -2.04. The predicted octanol–water partition coefficient (Wildman–Crippen LogP) is 3.17. The van der Waals surface area contributed by atoms with Gasteiger partial charge in [-0.3, -0.25) is 4.57 Å². The molecule has 0 saturated heterocycles. The number of H-pyrrole nitrogens is 1. The van der Waals surface area contributed by atoms with Gasteiger partial charge >= 0.3 is 5.69 Å². The summed E-state index contributed by atoms with van der Waals surface area (Å²) in [6.07, 6.45) is 0. The Hall–Kier alpha value is -2.07. The van der Waals surface area contributed by atoms with Crippen LogP contribution in [0.25, 0.3) is 11.0 Å². The Labute approximate surface area is 113 Å². The number of aromatic amines is 1. The molecule has 0 radical (unpaired) electrons. The molecule has 1 heterocycles. The number of nitrogens with one attached hydrogen (secondary N) is 1. The van der Waals surface area contributed by atoms with E-state index in [1.807, 2.05) is 0 Å². The van der Waals surface area contributed by atoms with Crippen molar-refractivity contribution in [2.24, 2.45) is 0 Å². The Morgan fingerprint density at radius 2 is 1.89 bits per heavy atom. The van der Waals surface area contributed by atoms with Crippen LogP contribution in [0.5, 0.6) is 0 Å². The predicted molar refractivity (Wildman–Crippen MR) is 73.1 cm³/mol. The first-order valence-corrected chi connectivity index (χ1v) is 6.14. The fourth-order valence-electron chi connectivity index (χ4n) is 2.06. The van der Waals surface area contributed by atoms with E-state index in [0.717, 1.165) is 16.6 Å². The third-order valence-corrected chi connectivity index (χ3v) is 3.23. The highest BCUT2D eigenvalue weighted by Crippen LogP contribution is 2.17. The van der Waals surface area contributed by atoms with Crippen molar-refractivity contribution in [1.82, 2.24) is 9.55 Å². The van der Waals surface area contributed by atoms with E-state index in [1.165, 1.54) is 12.1 Å². The van der Waals surface area contributed by atoms with Gasteiger partial charge in [-0.15, -0.1) is 0 Å². The van der Waals surface area contributed by atoms with Gasteiger partial charge in [-0.2, -0.15) is 0 Å². The largest absolute Gasteiger partial charge is 0.326 e. The Morgan fingerprint density at radius 1 is 1.16 bits per heavy atom. The SMILES string of the molecule is O=c1[nH]c2ccc(Cl)cc2n1Cc1ccc(F)cc1. The Bertz CT molecular complexity index is 789. The summed E-state index contributed by atoms with van der Waals surface area (Å²) in [5.41, 5.74) is 2.12. The molecule has 3 aromatic rings. The highest BCUT2D eigenvalue weighted by Gasteiger charge is 2.07. The molecule has 5 heteroatoms. The molecule has 3 nitrogen and oxygen atoms in total. The van der Waals surface area contributed by atoms with Gasteiger partial charge in [0.05, 0.1) is 17.6 Å². The Kier molecular flexibility index (Phi) is 2.87. The number of nitrogens with zero attached hydrogens (tertiary/aromatic N) is 1. The monoisotopic (exact) mass is 276 g/mol. The first kappa shape index (κ1) is 12.0. The number of hydrogen-bond donors (Lipinski definition) is 1. The van der Waals surface area contributed by atoms with Crippen molar-refractivity contribution in [1.29, 1.82) is 0 Å². The smallest absolute Gasteiger partial charge is 0.306 e.